The van der Waals surface area contributed by atoms with Gasteiger partial charge in [0.25, 0.3) is 5.91 Å². The summed E-state index contributed by atoms with van der Waals surface area (Å²) in [5.74, 6) is 0.317. The fraction of sp³-hybridized carbons (Fsp3) is 0.350. The van der Waals surface area contributed by atoms with Crippen LogP contribution in [-0.2, 0) is 0 Å². The molecule has 1 aromatic carbocycles. The maximum atomic E-state index is 12.7. The van der Waals surface area contributed by atoms with Crippen molar-refractivity contribution < 1.29 is 4.79 Å². The number of carbonyl (C=O) groups excluding carboxylic acids is 1. The third-order valence-electron chi connectivity index (χ3n) is 4.33. The second-order valence-corrected chi connectivity index (χ2v) is 6.95. The van der Waals surface area contributed by atoms with Crippen LogP contribution in [0.4, 0.5) is 5.69 Å². The predicted octanol–water partition coefficient (Wildman–Crippen LogP) is 4.70. The van der Waals surface area contributed by atoms with Gasteiger partial charge < -0.3 is 5.32 Å². The predicted molar refractivity (Wildman–Crippen MR) is 101 cm³/mol. The van der Waals surface area contributed by atoms with Crippen molar-refractivity contribution in [2.45, 2.75) is 46.6 Å². The molecule has 2 heterocycles. The summed E-state index contributed by atoms with van der Waals surface area (Å²) in [5, 5.41) is 8.20. The van der Waals surface area contributed by atoms with Crippen molar-refractivity contribution in [2.75, 3.05) is 5.32 Å². The fourth-order valence-corrected chi connectivity index (χ4v) is 2.82. The number of rotatable bonds is 4. The lowest BCUT2D eigenvalue weighted by molar-refractivity contribution is 0.102. The van der Waals surface area contributed by atoms with Crippen molar-refractivity contribution in [3.8, 4) is 0 Å². The van der Waals surface area contributed by atoms with Gasteiger partial charge in [-0.2, -0.15) is 5.10 Å². The number of hydrogen-bond acceptors (Lipinski definition) is 3. The zero-order chi connectivity index (χ0) is 18.1. The highest BCUT2D eigenvalue weighted by molar-refractivity contribution is 6.06. The lowest BCUT2D eigenvalue weighted by Crippen LogP contribution is -2.14. The first-order valence-corrected chi connectivity index (χ1v) is 8.63. The molecular formula is C20H24N4O. The minimum atomic E-state index is -0.151. The molecule has 0 saturated carbocycles. The number of hydrogen-bond donors (Lipinski definition) is 1. The number of pyridine rings is 1. The van der Waals surface area contributed by atoms with E-state index in [9.17, 15) is 4.79 Å². The third-order valence-corrected chi connectivity index (χ3v) is 4.33. The standard InChI is InChI=1S/C20H24N4O/c1-12(2)15-6-8-17(9-7-15)23-20(25)18-10-16-11-21-24(13(3)4)19(16)22-14(18)5/h6-13H,1-5H3,(H,23,25). The minimum absolute atomic E-state index is 0.151. The van der Waals surface area contributed by atoms with E-state index >= 15 is 0 Å². The van der Waals surface area contributed by atoms with Gasteiger partial charge in [0.2, 0.25) is 0 Å². The molecule has 0 aliphatic carbocycles. The van der Waals surface area contributed by atoms with Gasteiger partial charge in [0.05, 0.1) is 17.5 Å². The number of amides is 1. The molecule has 0 aliphatic rings. The topological polar surface area (TPSA) is 59.8 Å². The van der Waals surface area contributed by atoms with Crippen molar-refractivity contribution in [2.24, 2.45) is 0 Å². The van der Waals surface area contributed by atoms with E-state index in [1.807, 2.05) is 41.9 Å². The summed E-state index contributed by atoms with van der Waals surface area (Å²) in [6.07, 6.45) is 1.76. The number of anilines is 1. The van der Waals surface area contributed by atoms with E-state index < -0.39 is 0 Å². The maximum Gasteiger partial charge on any atom is 0.257 e. The van der Waals surface area contributed by atoms with Crippen LogP contribution in [0, 0.1) is 6.92 Å². The van der Waals surface area contributed by atoms with Crippen LogP contribution < -0.4 is 5.32 Å². The quantitative estimate of drug-likeness (QED) is 0.751. The highest BCUT2D eigenvalue weighted by Gasteiger charge is 2.15. The lowest BCUT2D eigenvalue weighted by atomic mass is 10.0. The largest absolute Gasteiger partial charge is 0.322 e. The van der Waals surface area contributed by atoms with Gasteiger partial charge in [-0.25, -0.2) is 9.67 Å². The summed E-state index contributed by atoms with van der Waals surface area (Å²) in [6, 6.07) is 10.0. The molecule has 2 aromatic heterocycles. The minimum Gasteiger partial charge on any atom is -0.322 e. The third kappa shape index (κ3) is 3.40. The zero-order valence-electron chi connectivity index (χ0n) is 15.4. The van der Waals surface area contributed by atoms with Gasteiger partial charge in [-0.05, 0) is 50.5 Å². The van der Waals surface area contributed by atoms with Gasteiger partial charge in [0, 0.05) is 17.1 Å². The Labute approximate surface area is 148 Å². The number of fused-ring (bicyclic) bond motifs is 1. The summed E-state index contributed by atoms with van der Waals surface area (Å²) >= 11 is 0. The number of aromatic nitrogens is 3. The maximum absolute atomic E-state index is 12.7. The highest BCUT2D eigenvalue weighted by Crippen LogP contribution is 2.21. The molecule has 1 N–H and O–H groups in total. The first-order chi connectivity index (χ1) is 11.9. The summed E-state index contributed by atoms with van der Waals surface area (Å²) in [7, 11) is 0. The molecule has 0 aliphatic heterocycles. The van der Waals surface area contributed by atoms with Gasteiger partial charge in [0.1, 0.15) is 0 Å². The fourth-order valence-electron chi connectivity index (χ4n) is 2.82. The summed E-state index contributed by atoms with van der Waals surface area (Å²) in [5.41, 5.74) is 4.12. The van der Waals surface area contributed by atoms with E-state index in [4.69, 9.17) is 0 Å². The van der Waals surface area contributed by atoms with Crippen LogP contribution in [0.2, 0.25) is 0 Å². The molecule has 0 radical (unpaired) electrons. The average Bonchev–Trinajstić information content (AvgIpc) is 2.97. The Hall–Kier alpha value is -2.69. The molecule has 25 heavy (non-hydrogen) atoms. The van der Waals surface area contributed by atoms with Gasteiger partial charge in [-0.3, -0.25) is 4.79 Å². The van der Waals surface area contributed by atoms with Crippen LogP contribution in [0.25, 0.3) is 11.0 Å². The molecule has 130 valence electrons. The van der Waals surface area contributed by atoms with Crippen LogP contribution in [0.5, 0.6) is 0 Å². The molecule has 0 unspecified atom stereocenters. The van der Waals surface area contributed by atoms with Crippen molar-refractivity contribution >= 4 is 22.6 Å². The first kappa shape index (κ1) is 17.1. The molecule has 3 rings (SSSR count). The number of aryl methyl sites for hydroxylation is 1. The highest BCUT2D eigenvalue weighted by atomic mass is 16.1. The molecular weight excluding hydrogens is 312 g/mol. The Morgan fingerprint density at radius 2 is 1.80 bits per heavy atom. The van der Waals surface area contributed by atoms with Crippen molar-refractivity contribution in [3.05, 3.63) is 53.3 Å². The molecule has 1 amide bonds. The Balaban J connectivity index is 1.88. The van der Waals surface area contributed by atoms with E-state index in [0.717, 1.165) is 16.7 Å². The summed E-state index contributed by atoms with van der Waals surface area (Å²) in [6.45, 7) is 10.3. The van der Waals surface area contributed by atoms with Gasteiger partial charge in [-0.1, -0.05) is 26.0 Å². The van der Waals surface area contributed by atoms with Crippen LogP contribution >= 0.6 is 0 Å². The van der Waals surface area contributed by atoms with Gasteiger partial charge in [0.15, 0.2) is 5.65 Å². The molecule has 0 bridgehead atoms. The Kier molecular flexibility index (Phi) is 4.57. The Morgan fingerprint density at radius 3 is 2.40 bits per heavy atom. The summed E-state index contributed by atoms with van der Waals surface area (Å²) < 4.78 is 1.87. The Bertz CT molecular complexity index is 907. The van der Waals surface area contributed by atoms with E-state index in [-0.39, 0.29) is 11.9 Å². The van der Waals surface area contributed by atoms with Gasteiger partial charge >= 0.3 is 0 Å². The van der Waals surface area contributed by atoms with E-state index in [1.165, 1.54) is 5.56 Å². The second-order valence-electron chi connectivity index (χ2n) is 6.95. The molecule has 0 spiro atoms. The molecule has 5 nitrogen and oxygen atoms in total. The molecule has 3 aromatic rings. The van der Waals surface area contributed by atoms with Crippen LogP contribution in [0.3, 0.4) is 0 Å². The molecule has 5 heteroatoms. The first-order valence-electron chi connectivity index (χ1n) is 8.63. The second kappa shape index (κ2) is 6.67. The Morgan fingerprint density at radius 1 is 1.12 bits per heavy atom. The molecule has 0 atom stereocenters. The van der Waals surface area contributed by atoms with E-state index in [1.54, 1.807) is 6.20 Å². The van der Waals surface area contributed by atoms with Crippen LogP contribution in [0.15, 0.2) is 36.5 Å². The monoisotopic (exact) mass is 336 g/mol. The smallest absolute Gasteiger partial charge is 0.257 e. The molecule has 0 fully saturated rings. The number of carbonyl (C=O) groups is 1. The van der Waals surface area contributed by atoms with Crippen LogP contribution in [-0.4, -0.2) is 20.7 Å². The average molecular weight is 336 g/mol. The number of nitrogens with one attached hydrogen (secondary N) is 1. The normalized spacial score (nSPS) is 11.5. The summed E-state index contributed by atoms with van der Waals surface area (Å²) in [4.78, 5) is 17.3. The van der Waals surface area contributed by atoms with Crippen molar-refractivity contribution in [3.63, 3.8) is 0 Å². The number of nitrogens with zero attached hydrogens (tertiary/aromatic N) is 3. The van der Waals surface area contributed by atoms with E-state index in [0.29, 0.717) is 17.2 Å². The SMILES string of the molecule is Cc1nc2c(cnn2C(C)C)cc1C(=O)Nc1ccc(C(C)C)cc1. The van der Waals surface area contributed by atoms with Gasteiger partial charge in [-0.15, -0.1) is 0 Å². The van der Waals surface area contributed by atoms with Crippen molar-refractivity contribution in [1.29, 1.82) is 0 Å². The van der Waals surface area contributed by atoms with Crippen molar-refractivity contribution in [1.82, 2.24) is 14.8 Å². The number of benzene rings is 1. The van der Waals surface area contributed by atoms with Crippen LogP contribution in [0.1, 0.15) is 61.3 Å². The molecule has 0 saturated heterocycles. The zero-order valence-corrected chi connectivity index (χ0v) is 15.4. The van der Waals surface area contributed by atoms with E-state index in [2.05, 4.69) is 43.1 Å². The lowest BCUT2D eigenvalue weighted by Gasteiger charge is -2.11.